The number of nitrogens with zero attached hydrogens (tertiary/aromatic N) is 2. The fourth-order valence-electron chi connectivity index (χ4n) is 2.31. The molecule has 5 nitrogen and oxygen atoms in total. The van der Waals surface area contributed by atoms with Gasteiger partial charge in [-0.3, -0.25) is 4.57 Å². The molecule has 0 saturated carbocycles. The average Bonchev–Trinajstić information content (AvgIpc) is 2.78. The first-order chi connectivity index (χ1) is 10.2. The Morgan fingerprint density at radius 3 is 2.52 bits per heavy atom. The minimum absolute atomic E-state index is 0.0757. The summed E-state index contributed by atoms with van der Waals surface area (Å²) in [5, 5.41) is 13.6. The highest BCUT2D eigenvalue weighted by Gasteiger charge is 2.19. The highest BCUT2D eigenvalue weighted by molar-refractivity contribution is 5.97. The van der Waals surface area contributed by atoms with Gasteiger partial charge in [0.2, 0.25) is 5.88 Å². The van der Waals surface area contributed by atoms with Crippen molar-refractivity contribution in [2.75, 3.05) is 7.11 Å². The maximum absolute atomic E-state index is 13.0. The van der Waals surface area contributed by atoms with Crippen molar-refractivity contribution < 1.29 is 14.2 Å². The summed E-state index contributed by atoms with van der Waals surface area (Å²) in [6, 6.07) is 10.6. The second-order valence-electron chi connectivity index (χ2n) is 4.46. The van der Waals surface area contributed by atoms with Crippen LogP contribution in [0.4, 0.5) is 10.1 Å². The molecule has 0 spiro atoms. The van der Waals surface area contributed by atoms with Crippen LogP contribution < -0.4 is 4.74 Å². The summed E-state index contributed by atoms with van der Waals surface area (Å²) in [5.41, 5.74) is 1.03. The lowest BCUT2D eigenvalue weighted by atomic mass is 10.2. The Bertz CT molecular complexity index is 825. The number of aromatic nitrogens is 1. The molecule has 0 fully saturated rings. The van der Waals surface area contributed by atoms with Crippen molar-refractivity contribution >= 4 is 16.6 Å². The largest absolute Gasteiger partial charge is 0.497 e. The SMILES string of the molecule is COc1ccc2c(c1)c(N=O)c(O)n2-c1ccc(F)cc1. The maximum Gasteiger partial charge on any atom is 0.227 e. The number of methoxy groups -OCH3 is 1. The third kappa shape index (κ3) is 2.01. The van der Waals surface area contributed by atoms with Gasteiger partial charge < -0.3 is 9.84 Å². The molecule has 0 aliphatic carbocycles. The molecular formula is C15H11FN2O3. The Hall–Kier alpha value is -2.89. The van der Waals surface area contributed by atoms with Crippen molar-refractivity contribution in [2.45, 2.75) is 0 Å². The first-order valence-electron chi connectivity index (χ1n) is 6.16. The molecule has 0 radical (unpaired) electrons. The second-order valence-corrected chi connectivity index (χ2v) is 4.46. The van der Waals surface area contributed by atoms with Gasteiger partial charge in [0.1, 0.15) is 11.6 Å². The zero-order chi connectivity index (χ0) is 15.0. The summed E-state index contributed by atoms with van der Waals surface area (Å²) in [5.74, 6) is -0.131. The van der Waals surface area contributed by atoms with E-state index in [-0.39, 0.29) is 17.4 Å². The summed E-state index contributed by atoms with van der Waals surface area (Å²) < 4.78 is 19.6. The molecule has 0 aliphatic rings. The maximum atomic E-state index is 13.0. The van der Waals surface area contributed by atoms with Crippen LogP contribution in [0.1, 0.15) is 0 Å². The molecule has 0 atom stereocenters. The number of rotatable bonds is 3. The molecular weight excluding hydrogens is 275 g/mol. The lowest BCUT2D eigenvalue weighted by Crippen LogP contribution is -1.93. The number of fused-ring (bicyclic) bond motifs is 1. The van der Waals surface area contributed by atoms with E-state index in [1.165, 1.54) is 35.9 Å². The van der Waals surface area contributed by atoms with Gasteiger partial charge in [-0.1, -0.05) is 0 Å². The van der Waals surface area contributed by atoms with Crippen molar-refractivity contribution in [3.05, 3.63) is 53.2 Å². The third-order valence-corrected chi connectivity index (χ3v) is 3.30. The first-order valence-corrected chi connectivity index (χ1v) is 6.16. The van der Waals surface area contributed by atoms with Crippen LogP contribution in [0.5, 0.6) is 11.6 Å². The van der Waals surface area contributed by atoms with E-state index in [9.17, 15) is 14.4 Å². The van der Waals surface area contributed by atoms with Gasteiger partial charge in [0.05, 0.1) is 12.6 Å². The molecule has 1 heterocycles. The van der Waals surface area contributed by atoms with Crippen LogP contribution in [0.15, 0.2) is 47.6 Å². The van der Waals surface area contributed by atoms with Gasteiger partial charge in [-0.25, -0.2) is 4.39 Å². The van der Waals surface area contributed by atoms with E-state index in [0.717, 1.165) is 0 Å². The molecule has 106 valence electrons. The fraction of sp³-hybridized carbons (Fsp3) is 0.0667. The normalized spacial score (nSPS) is 10.8. The van der Waals surface area contributed by atoms with E-state index in [1.807, 2.05) is 0 Å². The van der Waals surface area contributed by atoms with Gasteiger partial charge in [-0.05, 0) is 47.6 Å². The predicted molar refractivity (Wildman–Crippen MR) is 76.9 cm³/mol. The first kappa shape index (κ1) is 13.1. The van der Waals surface area contributed by atoms with Crippen molar-refractivity contribution in [3.8, 4) is 17.3 Å². The van der Waals surface area contributed by atoms with E-state index in [0.29, 0.717) is 22.3 Å². The van der Waals surface area contributed by atoms with Crippen LogP contribution in [0.3, 0.4) is 0 Å². The Labute approximate surface area is 119 Å². The van der Waals surface area contributed by atoms with Gasteiger partial charge in [0.15, 0.2) is 5.69 Å². The number of benzene rings is 2. The van der Waals surface area contributed by atoms with Crippen LogP contribution in [0.2, 0.25) is 0 Å². The zero-order valence-electron chi connectivity index (χ0n) is 11.1. The molecule has 2 aromatic carbocycles. The van der Waals surface area contributed by atoms with Gasteiger partial charge >= 0.3 is 0 Å². The fourth-order valence-corrected chi connectivity index (χ4v) is 2.31. The van der Waals surface area contributed by atoms with E-state index in [2.05, 4.69) is 5.18 Å². The standard InChI is InChI=1S/C15H11FN2O3/c1-21-11-6-7-13-12(8-11)14(17-20)15(19)18(13)10-4-2-9(16)3-5-10/h2-8,19H,1H3. The molecule has 0 bridgehead atoms. The third-order valence-electron chi connectivity index (χ3n) is 3.30. The lowest BCUT2D eigenvalue weighted by molar-refractivity contribution is 0.415. The van der Waals surface area contributed by atoms with E-state index >= 15 is 0 Å². The molecule has 1 N–H and O–H groups in total. The highest BCUT2D eigenvalue weighted by atomic mass is 19.1. The van der Waals surface area contributed by atoms with Crippen molar-refractivity contribution in [1.82, 2.24) is 4.57 Å². The zero-order valence-corrected chi connectivity index (χ0v) is 11.1. The number of ether oxygens (including phenoxy) is 1. The molecule has 21 heavy (non-hydrogen) atoms. The van der Waals surface area contributed by atoms with Crippen LogP contribution in [0.25, 0.3) is 16.6 Å². The second kappa shape index (κ2) is 4.90. The molecule has 6 heteroatoms. The molecule has 3 aromatic rings. The van der Waals surface area contributed by atoms with E-state index < -0.39 is 0 Å². The van der Waals surface area contributed by atoms with Gasteiger partial charge in [0.25, 0.3) is 0 Å². The Balaban J connectivity index is 2.34. The molecule has 0 amide bonds. The summed E-state index contributed by atoms with van der Waals surface area (Å²) in [7, 11) is 1.51. The summed E-state index contributed by atoms with van der Waals surface area (Å²) in [4.78, 5) is 11.0. The quantitative estimate of drug-likeness (QED) is 0.743. The van der Waals surface area contributed by atoms with Crippen LogP contribution in [-0.4, -0.2) is 16.8 Å². The van der Waals surface area contributed by atoms with Crippen molar-refractivity contribution in [1.29, 1.82) is 0 Å². The van der Waals surface area contributed by atoms with Crippen LogP contribution >= 0.6 is 0 Å². The number of hydrogen-bond acceptors (Lipinski definition) is 4. The highest BCUT2D eigenvalue weighted by Crippen LogP contribution is 2.41. The Kier molecular flexibility index (Phi) is 3.06. The Morgan fingerprint density at radius 1 is 1.19 bits per heavy atom. The van der Waals surface area contributed by atoms with Crippen molar-refractivity contribution in [3.63, 3.8) is 0 Å². The summed E-state index contributed by atoms with van der Waals surface area (Å²) in [6.45, 7) is 0. The molecule has 0 unspecified atom stereocenters. The van der Waals surface area contributed by atoms with Gasteiger partial charge in [0, 0.05) is 11.1 Å². The molecule has 0 saturated heterocycles. The summed E-state index contributed by atoms with van der Waals surface area (Å²) >= 11 is 0. The van der Waals surface area contributed by atoms with Crippen LogP contribution in [-0.2, 0) is 0 Å². The predicted octanol–water partition coefficient (Wildman–Crippen LogP) is 3.88. The molecule has 1 aromatic heterocycles. The Morgan fingerprint density at radius 2 is 1.90 bits per heavy atom. The minimum atomic E-state index is -0.384. The van der Waals surface area contributed by atoms with Gasteiger partial charge in [-0.15, -0.1) is 4.91 Å². The number of nitroso groups, excluding NO2 is 1. The molecule has 3 rings (SSSR count). The molecule has 0 aliphatic heterocycles. The smallest absolute Gasteiger partial charge is 0.227 e. The number of hydrogen-bond donors (Lipinski definition) is 1. The van der Waals surface area contributed by atoms with Crippen LogP contribution in [0, 0.1) is 10.7 Å². The topological polar surface area (TPSA) is 63.8 Å². The monoisotopic (exact) mass is 286 g/mol. The van der Waals surface area contributed by atoms with E-state index in [1.54, 1.807) is 18.2 Å². The lowest BCUT2D eigenvalue weighted by Gasteiger charge is -2.07. The minimum Gasteiger partial charge on any atom is -0.497 e. The van der Waals surface area contributed by atoms with Crippen molar-refractivity contribution in [2.24, 2.45) is 5.18 Å². The average molecular weight is 286 g/mol. The number of halogens is 1. The van der Waals surface area contributed by atoms with Gasteiger partial charge in [-0.2, -0.15) is 0 Å². The van der Waals surface area contributed by atoms with E-state index in [4.69, 9.17) is 4.74 Å². The number of aromatic hydroxyl groups is 1. The summed E-state index contributed by atoms with van der Waals surface area (Å²) in [6.07, 6.45) is 0.